The van der Waals surface area contributed by atoms with Crippen molar-refractivity contribution in [3.63, 3.8) is 0 Å². The van der Waals surface area contributed by atoms with Crippen molar-refractivity contribution in [2.24, 2.45) is 11.7 Å². The Morgan fingerprint density at radius 2 is 1.42 bits per heavy atom. The largest absolute Gasteiger partial charge is 0.405 e. The number of allylic oxidation sites excluding steroid dienone is 7. The second-order valence-corrected chi connectivity index (χ2v) is 15.1. The first kappa shape index (κ1) is 34.4. The Balaban J connectivity index is 1.33. The average Bonchev–Trinajstić information content (AvgIpc) is 3.48. The summed E-state index contributed by atoms with van der Waals surface area (Å²) in [5.41, 5.74) is 15.4. The number of hydrogen-bond acceptors (Lipinski definition) is 4. The van der Waals surface area contributed by atoms with Crippen molar-refractivity contribution < 1.29 is 0 Å². The van der Waals surface area contributed by atoms with Crippen LogP contribution in [0.5, 0.6) is 0 Å². The molecule has 0 saturated carbocycles. The highest BCUT2D eigenvalue weighted by Gasteiger charge is 2.33. The van der Waals surface area contributed by atoms with Crippen molar-refractivity contribution in [2.75, 3.05) is 9.80 Å². The number of hydrogen-bond donors (Lipinski definition) is 1. The molecule has 55 heavy (non-hydrogen) atoms. The molecule has 1 heterocycles. The highest BCUT2D eigenvalue weighted by molar-refractivity contribution is 6.29. The molecule has 7 aromatic rings. The summed E-state index contributed by atoms with van der Waals surface area (Å²) in [5.74, 6) is 1.25. The van der Waals surface area contributed by atoms with Crippen LogP contribution in [0.1, 0.15) is 37.3 Å². The van der Waals surface area contributed by atoms with Gasteiger partial charge in [0.05, 0.1) is 11.4 Å². The van der Waals surface area contributed by atoms with E-state index >= 15 is 0 Å². The molecule has 4 heteroatoms. The minimum Gasteiger partial charge on any atom is -0.405 e. The van der Waals surface area contributed by atoms with Gasteiger partial charge in [-0.15, -0.1) is 0 Å². The van der Waals surface area contributed by atoms with E-state index in [-0.39, 0.29) is 6.04 Å². The van der Waals surface area contributed by atoms with Gasteiger partial charge in [-0.2, -0.15) is 0 Å². The molecular formula is C51H46N4. The predicted octanol–water partition coefficient (Wildman–Crippen LogP) is 13.2. The van der Waals surface area contributed by atoms with Crippen LogP contribution < -0.4 is 15.5 Å². The van der Waals surface area contributed by atoms with Gasteiger partial charge in [0, 0.05) is 45.7 Å². The molecule has 2 bridgehead atoms. The van der Waals surface area contributed by atoms with E-state index < -0.39 is 0 Å². The Labute approximate surface area is 323 Å². The van der Waals surface area contributed by atoms with Gasteiger partial charge in [0.2, 0.25) is 0 Å². The fourth-order valence-corrected chi connectivity index (χ4v) is 9.31. The smallest absolute Gasteiger partial charge is 0.137 e. The third kappa shape index (κ3) is 5.81. The predicted molar refractivity (Wildman–Crippen MR) is 236 cm³/mol. The number of nitrogens with zero attached hydrogens (tertiary/aromatic N) is 3. The summed E-state index contributed by atoms with van der Waals surface area (Å²) in [7, 11) is 0. The van der Waals surface area contributed by atoms with Crippen molar-refractivity contribution in [1.29, 1.82) is 0 Å². The number of pyridine rings is 1. The zero-order chi connectivity index (χ0) is 37.6. The molecule has 2 aliphatic rings. The van der Waals surface area contributed by atoms with Crippen LogP contribution in [-0.2, 0) is 0 Å². The molecule has 0 amide bonds. The first-order valence-corrected chi connectivity index (χ1v) is 19.4. The molecule has 9 rings (SSSR count). The molecule has 270 valence electrons. The molecule has 4 nitrogen and oxygen atoms in total. The molecular weight excluding hydrogens is 669 g/mol. The van der Waals surface area contributed by atoms with Crippen LogP contribution in [0.2, 0.25) is 0 Å². The fourth-order valence-electron chi connectivity index (χ4n) is 9.31. The number of aryl methyl sites for hydroxylation is 2. The van der Waals surface area contributed by atoms with E-state index in [4.69, 9.17) is 17.3 Å². The van der Waals surface area contributed by atoms with E-state index in [1.165, 1.54) is 71.1 Å². The molecule has 1 unspecified atom stereocenters. The molecule has 2 atom stereocenters. The normalized spacial score (nSPS) is 17.3. The minimum absolute atomic E-state index is 0.189. The summed E-state index contributed by atoms with van der Waals surface area (Å²) in [5, 5.41) is 9.91. The zero-order valence-electron chi connectivity index (χ0n) is 31.8. The van der Waals surface area contributed by atoms with E-state index in [2.05, 4.69) is 152 Å². The lowest BCUT2D eigenvalue weighted by atomic mass is 9.84. The topological polar surface area (TPSA) is 45.4 Å². The molecule has 2 aliphatic carbocycles. The highest BCUT2D eigenvalue weighted by Crippen LogP contribution is 2.49. The number of aromatic nitrogens is 1. The van der Waals surface area contributed by atoms with Crippen LogP contribution in [-0.4, -0.2) is 11.0 Å². The quantitative estimate of drug-likeness (QED) is 0.126. The van der Waals surface area contributed by atoms with Crippen LogP contribution in [0.15, 0.2) is 175 Å². The molecule has 0 saturated heterocycles. The molecule has 0 radical (unpaired) electrons. The van der Waals surface area contributed by atoms with Gasteiger partial charge in [-0.1, -0.05) is 109 Å². The van der Waals surface area contributed by atoms with E-state index in [9.17, 15) is 0 Å². The third-order valence-electron chi connectivity index (χ3n) is 11.9. The molecule has 0 fully saturated rings. The summed E-state index contributed by atoms with van der Waals surface area (Å²) in [6.07, 6.45) is 21.9. The van der Waals surface area contributed by atoms with E-state index in [0.717, 1.165) is 42.2 Å². The van der Waals surface area contributed by atoms with E-state index in [1.54, 1.807) is 6.20 Å². The van der Waals surface area contributed by atoms with Crippen LogP contribution in [0, 0.1) is 19.8 Å². The molecule has 0 spiro atoms. The van der Waals surface area contributed by atoms with Gasteiger partial charge >= 0.3 is 0 Å². The Morgan fingerprint density at radius 1 is 0.727 bits per heavy atom. The summed E-state index contributed by atoms with van der Waals surface area (Å²) >= 11 is 0. The molecule has 6 aromatic carbocycles. The standard InChI is InChI=1S/C51H46N4/c1-33-31-47(54(35(3)15-9-11-29-52)45-22-13-18-37-16-5-7-20-41(45)36(37)4)43-27-25-40-34(2)32-48(44-28-26-39(33)50(43)51(40)44)55(49-24-10-12-30-53-49)46-23-14-19-38-17-6-8-21-42(38)46/h5-6,8-19,21,23-32,41,45H,3,7,20,22,52H2,1-2,4H3/b15-9-,29-11-/t41-,45?/m0/s1. The number of rotatable bonds is 8. The lowest BCUT2D eigenvalue weighted by molar-refractivity contribution is 0.445. The Bertz CT molecular complexity index is 2760. The van der Waals surface area contributed by atoms with Gasteiger partial charge in [-0.05, 0) is 132 Å². The maximum atomic E-state index is 5.79. The lowest BCUT2D eigenvalue weighted by Crippen LogP contribution is -2.40. The van der Waals surface area contributed by atoms with Crippen LogP contribution in [0.3, 0.4) is 0 Å². The van der Waals surface area contributed by atoms with Crippen molar-refractivity contribution in [3.8, 4) is 0 Å². The van der Waals surface area contributed by atoms with Gasteiger partial charge in [-0.3, -0.25) is 4.90 Å². The molecule has 1 aromatic heterocycles. The average molecular weight is 715 g/mol. The summed E-state index contributed by atoms with van der Waals surface area (Å²) in [4.78, 5) is 9.84. The number of fused-ring (bicyclic) bond motifs is 2. The Hall–Kier alpha value is -6.39. The minimum atomic E-state index is 0.189. The van der Waals surface area contributed by atoms with E-state index in [1.807, 2.05) is 24.4 Å². The number of nitrogens with two attached hydrogens (primary N) is 1. The molecule has 0 aliphatic heterocycles. The summed E-state index contributed by atoms with van der Waals surface area (Å²) < 4.78 is 0. The first-order chi connectivity index (χ1) is 26.9. The maximum Gasteiger partial charge on any atom is 0.137 e. The van der Waals surface area contributed by atoms with Gasteiger partial charge in [0.1, 0.15) is 5.82 Å². The van der Waals surface area contributed by atoms with Crippen molar-refractivity contribution in [3.05, 3.63) is 187 Å². The Morgan fingerprint density at radius 3 is 2.18 bits per heavy atom. The summed E-state index contributed by atoms with van der Waals surface area (Å²) in [6, 6.07) is 35.6. The van der Waals surface area contributed by atoms with Gasteiger partial charge in [0.15, 0.2) is 0 Å². The van der Waals surface area contributed by atoms with Crippen LogP contribution in [0.25, 0.3) is 43.1 Å². The van der Waals surface area contributed by atoms with Crippen molar-refractivity contribution >= 4 is 66.0 Å². The highest BCUT2D eigenvalue weighted by atomic mass is 15.2. The van der Waals surface area contributed by atoms with Crippen LogP contribution >= 0.6 is 0 Å². The van der Waals surface area contributed by atoms with Gasteiger partial charge < -0.3 is 10.6 Å². The third-order valence-corrected chi connectivity index (χ3v) is 11.9. The Kier molecular flexibility index (Phi) is 8.82. The second kappa shape index (κ2) is 14.1. The second-order valence-electron chi connectivity index (χ2n) is 15.1. The van der Waals surface area contributed by atoms with Crippen molar-refractivity contribution in [1.82, 2.24) is 4.98 Å². The monoisotopic (exact) mass is 714 g/mol. The van der Waals surface area contributed by atoms with Gasteiger partial charge in [0.25, 0.3) is 0 Å². The maximum absolute atomic E-state index is 5.79. The number of benzene rings is 6. The zero-order valence-corrected chi connectivity index (χ0v) is 31.8. The molecule has 2 N–H and O–H groups in total. The van der Waals surface area contributed by atoms with E-state index in [0.29, 0.717) is 5.92 Å². The summed E-state index contributed by atoms with van der Waals surface area (Å²) in [6.45, 7) is 11.6. The first-order valence-electron chi connectivity index (χ1n) is 19.4. The van der Waals surface area contributed by atoms with Crippen LogP contribution in [0.4, 0.5) is 22.9 Å². The lowest BCUT2D eigenvalue weighted by Gasteiger charge is -2.40. The fraction of sp³-hybridized carbons (Fsp3) is 0.157. The van der Waals surface area contributed by atoms with Crippen molar-refractivity contribution in [2.45, 2.75) is 46.1 Å². The SMILES string of the molecule is C=C(/C=C\C=C/N)N(c1cc(C)c2ccc3c(N(c4ccccn4)c4cccc5ccccc45)cc(C)c4ccc1c2c43)C1CC=CC2=C(C)[C@@H]1CCC=C2. The number of anilines is 4. The van der Waals surface area contributed by atoms with Gasteiger partial charge in [-0.25, -0.2) is 4.98 Å².